The largest absolute Gasteiger partial charge is 0.414 e. The van der Waals surface area contributed by atoms with Crippen LogP contribution in [0.25, 0.3) is 0 Å². The summed E-state index contributed by atoms with van der Waals surface area (Å²) in [5.74, 6) is 0. The Balaban J connectivity index is 1.69. The normalized spacial score (nSPS) is 17.2. The van der Waals surface area contributed by atoms with Gasteiger partial charge in [-0.05, 0) is 37.4 Å². The van der Waals surface area contributed by atoms with Crippen LogP contribution in [0.5, 0.6) is 0 Å². The molecule has 1 atom stereocenters. The summed E-state index contributed by atoms with van der Waals surface area (Å²) in [5, 5.41) is 0.227. The van der Waals surface area contributed by atoms with Gasteiger partial charge in [-0.25, -0.2) is 0 Å². The molecule has 1 unspecified atom stereocenters. The summed E-state index contributed by atoms with van der Waals surface area (Å²) in [7, 11) is -1.68. The van der Waals surface area contributed by atoms with Crippen molar-refractivity contribution in [3.63, 3.8) is 0 Å². The Hall–Kier alpha value is -0.143. The molecule has 0 aromatic carbocycles. The van der Waals surface area contributed by atoms with Gasteiger partial charge >= 0.3 is 0 Å². The average molecular weight is 525 g/mol. The third kappa shape index (κ3) is 18.7. The molecule has 0 amide bonds. The lowest BCUT2D eigenvalue weighted by Crippen LogP contribution is -2.41. The van der Waals surface area contributed by atoms with Gasteiger partial charge in [0.15, 0.2) is 14.6 Å². The monoisotopic (exact) mass is 524 g/mol. The van der Waals surface area contributed by atoms with E-state index in [4.69, 9.17) is 42.3 Å². The molecule has 0 aromatic heterocycles. The van der Waals surface area contributed by atoms with Gasteiger partial charge in [-0.3, -0.25) is 0 Å². The molecule has 0 bridgehead atoms. The molecule has 9 nitrogen and oxygen atoms in total. The van der Waals surface area contributed by atoms with Crippen molar-refractivity contribution in [3.8, 4) is 0 Å². The van der Waals surface area contributed by atoms with Crippen LogP contribution in [-0.2, 0) is 42.3 Å². The van der Waals surface area contributed by atoms with E-state index in [-0.39, 0.29) is 11.3 Å². The first-order valence-electron chi connectivity index (χ1n) is 13.2. The van der Waals surface area contributed by atoms with Crippen molar-refractivity contribution in [1.29, 1.82) is 0 Å². The first-order valence-corrected chi connectivity index (χ1v) is 16.1. The van der Waals surface area contributed by atoms with Gasteiger partial charge in [-0.1, -0.05) is 20.8 Å². The third-order valence-corrected chi connectivity index (χ3v) is 10.6. The Labute approximate surface area is 214 Å². The minimum absolute atomic E-state index is 0.0554. The third-order valence-electron chi connectivity index (χ3n) is 6.03. The van der Waals surface area contributed by atoms with E-state index in [0.717, 1.165) is 19.4 Å². The SMILES string of the molecule is CC(C)(C)[Si](C)(C)OCCOCCOCCOCCOCCOCCOCCOC1CCCCO1. The lowest BCUT2D eigenvalue weighted by Gasteiger charge is -2.36. The highest BCUT2D eigenvalue weighted by Gasteiger charge is 2.36. The minimum atomic E-state index is -1.68. The highest BCUT2D eigenvalue weighted by atomic mass is 28.4. The fourth-order valence-electron chi connectivity index (χ4n) is 2.85. The van der Waals surface area contributed by atoms with Gasteiger partial charge in [-0.2, -0.15) is 0 Å². The molecule has 0 saturated carbocycles. The van der Waals surface area contributed by atoms with Crippen molar-refractivity contribution >= 4 is 8.32 Å². The van der Waals surface area contributed by atoms with Gasteiger partial charge in [0.1, 0.15) is 0 Å². The molecule has 10 heteroatoms. The van der Waals surface area contributed by atoms with Gasteiger partial charge < -0.3 is 42.3 Å². The van der Waals surface area contributed by atoms with E-state index in [1.165, 1.54) is 6.42 Å². The first-order chi connectivity index (χ1) is 16.8. The van der Waals surface area contributed by atoms with E-state index in [1.54, 1.807) is 0 Å². The van der Waals surface area contributed by atoms with Crippen LogP contribution in [0.4, 0.5) is 0 Å². The Morgan fingerprint density at radius 1 is 0.600 bits per heavy atom. The standard InChI is InChI=1S/C25H52O9Si/c1-25(2,3)35(4,5)34-23-21-31-19-17-29-15-13-27-11-10-26-12-14-28-16-18-30-20-22-33-24-8-6-7-9-32-24/h24H,6-23H2,1-5H3. The zero-order chi connectivity index (χ0) is 25.7. The number of hydrogen-bond acceptors (Lipinski definition) is 9. The molecular formula is C25H52O9Si. The van der Waals surface area contributed by atoms with E-state index in [1.807, 2.05) is 0 Å². The second kappa shape index (κ2) is 20.9. The van der Waals surface area contributed by atoms with Crippen LogP contribution in [0, 0.1) is 0 Å². The number of hydrogen-bond donors (Lipinski definition) is 0. The molecule has 0 aromatic rings. The van der Waals surface area contributed by atoms with Gasteiger partial charge in [0.25, 0.3) is 0 Å². The molecule has 210 valence electrons. The summed E-state index contributed by atoms with van der Waals surface area (Å²) in [6, 6.07) is 0. The molecule has 0 aliphatic carbocycles. The summed E-state index contributed by atoms with van der Waals surface area (Å²) >= 11 is 0. The molecule has 0 N–H and O–H groups in total. The van der Waals surface area contributed by atoms with Crippen LogP contribution in [0.15, 0.2) is 0 Å². The quantitative estimate of drug-likeness (QED) is 0.147. The predicted octanol–water partition coefficient (Wildman–Crippen LogP) is 3.65. The highest BCUT2D eigenvalue weighted by molar-refractivity contribution is 6.74. The van der Waals surface area contributed by atoms with Gasteiger partial charge in [0.2, 0.25) is 0 Å². The van der Waals surface area contributed by atoms with Crippen molar-refractivity contribution in [2.75, 3.05) is 99.1 Å². The van der Waals surface area contributed by atoms with Gasteiger partial charge in [0, 0.05) is 6.61 Å². The van der Waals surface area contributed by atoms with Crippen molar-refractivity contribution in [2.24, 2.45) is 0 Å². The summed E-state index contributed by atoms with van der Waals surface area (Å²) in [4.78, 5) is 0. The second-order valence-electron chi connectivity index (χ2n) is 9.95. The Kier molecular flexibility index (Phi) is 19.6. The number of ether oxygens (including phenoxy) is 8. The molecule has 1 fully saturated rings. The maximum absolute atomic E-state index is 6.07. The first kappa shape index (κ1) is 32.9. The summed E-state index contributed by atoms with van der Waals surface area (Å²) in [6.45, 7) is 19.8. The summed E-state index contributed by atoms with van der Waals surface area (Å²) in [5.41, 5.74) is 0. The van der Waals surface area contributed by atoms with E-state index in [0.29, 0.717) is 92.5 Å². The van der Waals surface area contributed by atoms with Crippen molar-refractivity contribution in [1.82, 2.24) is 0 Å². The fraction of sp³-hybridized carbons (Fsp3) is 1.00. The fourth-order valence-corrected chi connectivity index (χ4v) is 3.88. The van der Waals surface area contributed by atoms with E-state index >= 15 is 0 Å². The zero-order valence-electron chi connectivity index (χ0n) is 23.0. The second-order valence-corrected chi connectivity index (χ2v) is 14.8. The lowest BCUT2D eigenvalue weighted by atomic mass is 10.2. The summed E-state index contributed by atoms with van der Waals surface area (Å²) < 4.78 is 50.2. The zero-order valence-corrected chi connectivity index (χ0v) is 24.0. The smallest absolute Gasteiger partial charge is 0.192 e. The molecule has 1 aliphatic rings. The molecule has 1 aliphatic heterocycles. The van der Waals surface area contributed by atoms with Crippen LogP contribution >= 0.6 is 0 Å². The highest BCUT2D eigenvalue weighted by Crippen LogP contribution is 2.36. The molecule has 1 saturated heterocycles. The van der Waals surface area contributed by atoms with E-state index in [9.17, 15) is 0 Å². The van der Waals surface area contributed by atoms with Crippen molar-refractivity contribution in [3.05, 3.63) is 0 Å². The predicted molar refractivity (Wildman–Crippen MR) is 138 cm³/mol. The molecule has 0 spiro atoms. The van der Waals surface area contributed by atoms with Gasteiger partial charge in [0.05, 0.1) is 92.5 Å². The topological polar surface area (TPSA) is 83.1 Å². The van der Waals surface area contributed by atoms with Crippen LogP contribution in [-0.4, -0.2) is 114 Å². The van der Waals surface area contributed by atoms with Crippen LogP contribution < -0.4 is 0 Å². The van der Waals surface area contributed by atoms with E-state index < -0.39 is 8.32 Å². The molecule has 0 radical (unpaired) electrons. The number of rotatable bonds is 23. The van der Waals surface area contributed by atoms with E-state index in [2.05, 4.69) is 33.9 Å². The maximum atomic E-state index is 6.07. The Morgan fingerprint density at radius 2 is 1.00 bits per heavy atom. The van der Waals surface area contributed by atoms with Crippen molar-refractivity contribution in [2.45, 2.75) is 64.5 Å². The average Bonchev–Trinajstić information content (AvgIpc) is 2.82. The van der Waals surface area contributed by atoms with Crippen molar-refractivity contribution < 1.29 is 42.3 Å². The molecule has 35 heavy (non-hydrogen) atoms. The Morgan fingerprint density at radius 3 is 1.37 bits per heavy atom. The van der Waals surface area contributed by atoms with Crippen LogP contribution in [0.3, 0.4) is 0 Å². The lowest BCUT2D eigenvalue weighted by molar-refractivity contribution is -0.169. The van der Waals surface area contributed by atoms with Crippen LogP contribution in [0.2, 0.25) is 18.1 Å². The Bertz CT molecular complexity index is 468. The molecular weight excluding hydrogens is 472 g/mol. The summed E-state index contributed by atoms with van der Waals surface area (Å²) in [6.07, 6.45) is 3.23. The van der Waals surface area contributed by atoms with Crippen LogP contribution in [0.1, 0.15) is 40.0 Å². The minimum Gasteiger partial charge on any atom is -0.414 e. The molecule has 1 rings (SSSR count). The molecule has 1 heterocycles. The maximum Gasteiger partial charge on any atom is 0.192 e. The van der Waals surface area contributed by atoms with Gasteiger partial charge in [-0.15, -0.1) is 0 Å².